The number of hydrogen-bond acceptors (Lipinski definition) is 3. The van der Waals surface area contributed by atoms with Crippen molar-refractivity contribution in [1.29, 1.82) is 0 Å². The Bertz CT molecular complexity index is 401. The second kappa shape index (κ2) is 6.00. The highest BCUT2D eigenvalue weighted by Gasteiger charge is 2.15. The smallest absolute Gasteiger partial charge is 0.241 e. The molecule has 0 bridgehead atoms. The maximum atomic E-state index is 11.6. The predicted molar refractivity (Wildman–Crippen MR) is 65.2 cm³/mol. The Morgan fingerprint density at radius 2 is 1.88 bits per heavy atom. The Morgan fingerprint density at radius 1 is 1.29 bits per heavy atom. The van der Waals surface area contributed by atoms with Gasteiger partial charge in [0.2, 0.25) is 11.8 Å². The molecule has 1 atom stereocenters. The Labute approximate surface area is 100 Å². The minimum absolute atomic E-state index is 0.0606. The van der Waals surface area contributed by atoms with E-state index in [1.807, 2.05) is 19.1 Å². The van der Waals surface area contributed by atoms with Gasteiger partial charge >= 0.3 is 0 Å². The minimum atomic E-state index is -0.750. The Morgan fingerprint density at radius 3 is 2.41 bits per heavy atom. The summed E-state index contributed by atoms with van der Waals surface area (Å²) < 4.78 is 0. The van der Waals surface area contributed by atoms with Gasteiger partial charge in [-0.2, -0.15) is 0 Å². The molecule has 0 saturated carbocycles. The van der Waals surface area contributed by atoms with Crippen molar-refractivity contribution in [3.8, 4) is 0 Å². The van der Waals surface area contributed by atoms with Crippen molar-refractivity contribution < 1.29 is 9.59 Å². The van der Waals surface area contributed by atoms with Gasteiger partial charge in [-0.1, -0.05) is 29.8 Å². The van der Waals surface area contributed by atoms with E-state index in [1.165, 1.54) is 7.05 Å². The third kappa shape index (κ3) is 3.88. The van der Waals surface area contributed by atoms with Crippen molar-refractivity contribution in [3.05, 3.63) is 35.4 Å². The number of carbonyl (C=O) groups excluding carboxylic acids is 2. The topological polar surface area (TPSA) is 84.2 Å². The maximum Gasteiger partial charge on any atom is 0.241 e. The summed E-state index contributed by atoms with van der Waals surface area (Å²) in [5.41, 5.74) is 7.60. The summed E-state index contributed by atoms with van der Waals surface area (Å²) in [6.07, 6.45) is 0. The monoisotopic (exact) mass is 235 g/mol. The van der Waals surface area contributed by atoms with E-state index in [9.17, 15) is 9.59 Å². The number of amides is 2. The molecular weight excluding hydrogens is 218 g/mol. The molecule has 5 heteroatoms. The lowest BCUT2D eigenvalue weighted by molar-refractivity contribution is -0.126. The summed E-state index contributed by atoms with van der Waals surface area (Å²) >= 11 is 0. The van der Waals surface area contributed by atoms with Crippen molar-refractivity contribution in [1.82, 2.24) is 10.6 Å². The number of carbonyl (C=O) groups is 2. The van der Waals surface area contributed by atoms with Gasteiger partial charge in [-0.25, -0.2) is 0 Å². The van der Waals surface area contributed by atoms with Crippen LogP contribution in [0, 0.1) is 6.92 Å². The normalized spacial score (nSPS) is 11.7. The van der Waals surface area contributed by atoms with Crippen LogP contribution in [-0.2, 0) is 9.59 Å². The fraction of sp³-hybridized carbons (Fsp3) is 0.333. The Balaban J connectivity index is 2.57. The number of nitrogens with one attached hydrogen (secondary N) is 2. The average molecular weight is 235 g/mol. The molecule has 0 saturated heterocycles. The Hall–Kier alpha value is -1.88. The van der Waals surface area contributed by atoms with E-state index in [1.54, 1.807) is 12.1 Å². The van der Waals surface area contributed by atoms with Gasteiger partial charge in [-0.3, -0.25) is 9.59 Å². The molecule has 4 N–H and O–H groups in total. The van der Waals surface area contributed by atoms with Gasteiger partial charge < -0.3 is 16.4 Å². The van der Waals surface area contributed by atoms with Gasteiger partial charge in [0.15, 0.2) is 0 Å². The first-order valence-electron chi connectivity index (χ1n) is 5.35. The van der Waals surface area contributed by atoms with Crippen molar-refractivity contribution in [2.24, 2.45) is 5.73 Å². The molecule has 0 heterocycles. The second-order valence-corrected chi connectivity index (χ2v) is 3.78. The van der Waals surface area contributed by atoms with Crippen LogP contribution < -0.4 is 16.4 Å². The standard InChI is InChI=1S/C12H17N3O2/c1-8-3-5-9(6-4-8)11(13)12(17)15-7-10(16)14-2/h3-6,11H,7,13H2,1-2H3,(H,14,16)(H,15,17). The summed E-state index contributed by atoms with van der Waals surface area (Å²) in [5.74, 6) is -0.619. The molecule has 0 radical (unpaired) electrons. The highest BCUT2D eigenvalue weighted by Crippen LogP contribution is 2.11. The van der Waals surface area contributed by atoms with Crippen molar-refractivity contribution >= 4 is 11.8 Å². The van der Waals surface area contributed by atoms with Gasteiger partial charge in [0.05, 0.1) is 6.54 Å². The van der Waals surface area contributed by atoms with Gasteiger partial charge in [0, 0.05) is 7.05 Å². The van der Waals surface area contributed by atoms with E-state index < -0.39 is 6.04 Å². The van der Waals surface area contributed by atoms with Gasteiger partial charge in [-0.05, 0) is 12.5 Å². The first-order valence-corrected chi connectivity index (χ1v) is 5.35. The summed E-state index contributed by atoms with van der Waals surface area (Å²) in [4.78, 5) is 22.6. The highest BCUT2D eigenvalue weighted by molar-refractivity contribution is 5.87. The fourth-order valence-electron chi connectivity index (χ4n) is 1.29. The number of aryl methyl sites for hydroxylation is 1. The molecule has 1 unspecified atom stereocenters. The zero-order valence-corrected chi connectivity index (χ0v) is 9.99. The molecule has 1 aromatic rings. The lowest BCUT2D eigenvalue weighted by Gasteiger charge is -2.12. The van der Waals surface area contributed by atoms with E-state index in [0.29, 0.717) is 0 Å². The number of nitrogens with two attached hydrogens (primary N) is 1. The highest BCUT2D eigenvalue weighted by atomic mass is 16.2. The predicted octanol–water partition coefficient (Wildman–Crippen LogP) is -0.143. The van der Waals surface area contributed by atoms with Crippen LogP contribution in [0.25, 0.3) is 0 Å². The van der Waals surface area contributed by atoms with Crippen LogP contribution in [0.3, 0.4) is 0 Å². The minimum Gasteiger partial charge on any atom is -0.358 e. The maximum absolute atomic E-state index is 11.6. The molecule has 0 fully saturated rings. The number of likely N-dealkylation sites (N-methyl/N-ethyl adjacent to an activating group) is 1. The van der Waals surface area contributed by atoms with Crippen LogP contribution in [0.15, 0.2) is 24.3 Å². The fourth-order valence-corrected chi connectivity index (χ4v) is 1.29. The first-order chi connectivity index (χ1) is 8.04. The molecular formula is C12H17N3O2. The zero-order chi connectivity index (χ0) is 12.8. The molecule has 0 aromatic heterocycles. The van der Waals surface area contributed by atoms with Crippen LogP contribution >= 0.6 is 0 Å². The van der Waals surface area contributed by atoms with Crippen molar-refractivity contribution in [2.45, 2.75) is 13.0 Å². The second-order valence-electron chi connectivity index (χ2n) is 3.78. The van der Waals surface area contributed by atoms with E-state index >= 15 is 0 Å². The SMILES string of the molecule is CNC(=O)CNC(=O)C(N)c1ccc(C)cc1. The molecule has 0 aliphatic heterocycles. The molecule has 1 aromatic carbocycles. The Kier molecular flexibility index (Phi) is 4.66. The van der Waals surface area contributed by atoms with E-state index in [-0.39, 0.29) is 18.4 Å². The van der Waals surface area contributed by atoms with Crippen molar-refractivity contribution in [2.75, 3.05) is 13.6 Å². The summed E-state index contributed by atoms with van der Waals surface area (Å²) in [7, 11) is 1.51. The van der Waals surface area contributed by atoms with Crippen LogP contribution in [0.2, 0.25) is 0 Å². The first kappa shape index (κ1) is 13.2. The molecule has 0 aliphatic carbocycles. The van der Waals surface area contributed by atoms with Gasteiger partial charge in [0.25, 0.3) is 0 Å². The van der Waals surface area contributed by atoms with Crippen LogP contribution in [0.4, 0.5) is 0 Å². The quantitative estimate of drug-likeness (QED) is 0.679. The molecule has 0 spiro atoms. The van der Waals surface area contributed by atoms with Gasteiger partial charge in [-0.15, -0.1) is 0 Å². The lowest BCUT2D eigenvalue weighted by Crippen LogP contribution is -2.40. The molecule has 17 heavy (non-hydrogen) atoms. The molecule has 0 aliphatic rings. The summed E-state index contributed by atoms with van der Waals surface area (Å²) in [6, 6.07) is 6.64. The third-order valence-electron chi connectivity index (χ3n) is 2.42. The van der Waals surface area contributed by atoms with Crippen LogP contribution in [-0.4, -0.2) is 25.4 Å². The number of benzene rings is 1. The molecule has 2 amide bonds. The molecule has 92 valence electrons. The molecule has 5 nitrogen and oxygen atoms in total. The number of rotatable bonds is 4. The summed E-state index contributed by atoms with van der Waals surface area (Å²) in [6.45, 7) is 1.90. The number of hydrogen-bond donors (Lipinski definition) is 3. The van der Waals surface area contributed by atoms with E-state index in [0.717, 1.165) is 11.1 Å². The summed E-state index contributed by atoms with van der Waals surface area (Å²) in [5, 5.41) is 4.88. The average Bonchev–Trinajstić information content (AvgIpc) is 2.35. The van der Waals surface area contributed by atoms with E-state index in [4.69, 9.17) is 5.73 Å². The largest absolute Gasteiger partial charge is 0.358 e. The van der Waals surface area contributed by atoms with Crippen LogP contribution in [0.5, 0.6) is 0 Å². The van der Waals surface area contributed by atoms with Gasteiger partial charge in [0.1, 0.15) is 6.04 Å². The zero-order valence-electron chi connectivity index (χ0n) is 9.99. The lowest BCUT2D eigenvalue weighted by atomic mass is 10.1. The van der Waals surface area contributed by atoms with Crippen LogP contribution in [0.1, 0.15) is 17.2 Å². The van der Waals surface area contributed by atoms with E-state index in [2.05, 4.69) is 10.6 Å². The molecule has 1 rings (SSSR count). The third-order valence-corrected chi connectivity index (χ3v) is 2.42. The van der Waals surface area contributed by atoms with Crippen molar-refractivity contribution in [3.63, 3.8) is 0 Å².